The van der Waals surface area contributed by atoms with Gasteiger partial charge in [-0.15, -0.1) is 0 Å². The summed E-state index contributed by atoms with van der Waals surface area (Å²) in [5.41, 5.74) is 3.60. The molecule has 6 heteroatoms. The van der Waals surface area contributed by atoms with E-state index in [1.165, 1.54) is 63.5 Å². The minimum atomic E-state index is -0.0884. The van der Waals surface area contributed by atoms with Gasteiger partial charge in [-0.25, -0.2) is 4.68 Å². The molecule has 0 N–H and O–H groups in total. The standard InChI is InChI=1S/C28H32N4OS/c33-26-24(34-27(29-26)31-9-5-2-6-10-31)14-22-18-32(23-7-3-1-4-8-23)30-25(22)28-15-19-11-20(16-28)13-21(12-19)17-28/h1,3-4,7-8,14,18-21H,2,5-6,9-13,15-17H2/b24-14-. The Bertz CT molecular complexity index is 1140. The molecule has 4 saturated carbocycles. The summed E-state index contributed by atoms with van der Waals surface area (Å²) in [6, 6.07) is 10.4. The fraction of sp³-hybridized carbons (Fsp3) is 0.536. The Balaban J connectivity index is 1.27. The van der Waals surface area contributed by atoms with Crippen LogP contribution in [0.1, 0.15) is 69.0 Å². The highest BCUT2D eigenvalue weighted by Gasteiger charge is 2.53. The smallest absolute Gasteiger partial charge is 0.286 e. The van der Waals surface area contributed by atoms with E-state index in [-0.39, 0.29) is 11.3 Å². The molecule has 8 rings (SSSR count). The van der Waals surface area contributed by atoms with Gasteiger partial charge in [0.2, 0.25) is 0 Å². The van der Waals surface area contributed by atoms with Gasteiger partial charge in [0.05, 0.1) is 16.3 Å². The molecule has 34 heavy (non-hydrogen) atoms. The van der Waals surface area contributed by atoms with E-state index in [9.17, 15) is 4.79 Å². The highest BCUT2D eigenvalue weighted by atomic mass is 32.2. The number of piperidine rings is 1. The van der Waals surface area contributed by atoms with Crippen LogP contribution in [0, 0.1) is 17.8 Å². The molecule has 1 amide bonds. The number of para-hydroxylation sites is 1. The molecule has 5 nitrogen and oxygen atoms in total. The molecular weight excluding hydrogens is 440 g/mol. The summed E-state index contributed by atoms with van der Waals surface area (Å²) in [5, 5.41) is 6.14. The summed E-state index contributed by atoms with van der Waals surface area (Å²) in [4.78, 5) is 20.4. The average molecular weight is 473 g/mol. The topological polar surface area (TPSA) is 50.5 Å². The first kappa shape index (κ1) is 21.0. The second-order valence-corrected chi connectivity index (χ2v) is 12.3. The number of carbonyl (C=O) groups is 1. The van der Waals surface area contributed by atoms with Crippen LogP contribution >= 0.6 is 11.8 Å². The normalized spacial score (nSPS) is 33.7. The highest BCUT2D eigenvalue weighted by molar-refractivity contribution is 8.18. The number of aliphatic imine (C=N–C) groups is 1. The fourth-order valence-corrected chi connectivity index (χ4v) is 8.73. The Morgan fingerprint density at radius 1 is 0.941 bits per heavy atom. The van der Waals surface area contributed by atoms with Crippen molar-refractivity contribution < 1.29 is 4.79 Å². The number of aromatic nitrogens is 2. The number of hydrogen-bond donors (Lipinski definition) is 0. The van der Waals surface area contributed by atoms with E-state index in [0.717, 1.165) is 52.2 Å². The molecule has 0 unspecified atom stereocenters. The van der Waals surface area contributed by atoms with Crippen molar-refractivity contribution >= 4 is 28.9 Å². The molecular formula is C28H32N4OS. The molecule has 0 atom stereocenters. The van der Waals surface area contributed by atoms with Gasteiger partial charge in [0.1, 0.15) is 0 Å². The summed E-state index contributed by atoms with van der Waals surface area (Å²) in [6.45, 7) is 2.02. The van der Waals surface area contributed by atoms with Crippen molar-refractivity contribution in [2.45, 2.75) is 63.2 Å². The minimum Gasteiger partial charge on any atom is -0.351 e. The molecule has 4 aliphatic carbocycles. The van der Waals surface area contributed by atoms with Crippen molar-refractivity contribution in [2.24, 2.45) is 22.7 Å². The van der Waals surface area contributed by atoms with Gasteiger partial charge < -0.3 is 4.90 Å². The quantitative estimate of drug-likeness (QED) is 0.530. The maximum atomic E-state index is 12.9. The lowest BCUT2D eigenvalue weighted by Gasteiger charge is -2.56. The zero-order chi connectivity index (χ0) is 22.7. The molecule has 0 radical (unpaired) electrons. The van der Waals surface area contributed by atoms with Crippen LogP contribution in [0.3, 0.4) is 0 Å². The maximum Gasteiger partial charge on any atom is 0.286 e. The summed E-state index contributed by atoms with van der Waals surface area (Å²) < 4.78 is 2.04. The van der Waals surface area contributed by atoms with Crippen molar-refractivity contribution in [3.05, 3.63) is 52.7 Å². The second kappa shape index (κ2) is 8.11. The van der Waals surface area contributed by atoms with Crippen LogP contribution in [-0.4, -0.2) is 38.8 Å². The first-order valence-corrected chi connectivity index (χ1v) is 13.9. The van der Waals surface area contributed by atoms with Crippen LogP contribution in [0.2, 0.25) is 0 Å². The van der Waals surface area contributed by atoms with Crippen molar-refractivity contribution in [2.75, 3.05) is 13.1 Å². The predicted molar refractivity (Wildman–Crippen MR) is 137 cm³/mol. The number of amides is 1. The second-order valence-electron chi connectivity index (χ2n) is 11.3. The maximum absolute atomic E-state index is 12.9. The zero-order valence-corrected chi connectivity index (χ0v) is 20.5. The van der Waals surface area contributed by atoms with Gasteiger partial charge in [0, 0.05) is 30.3 Å². The SMILES string of the molecule is O=C1N=C(N2CCCCC2)S/C1=C\c1cn(-c2ccccc2)nc1C12CC3CC(CC(C3)C1)C2. The number of likely N-dealkylation sites (tertiary alicyclic amines) is 1. The number of carbonyl (C=O) groups excluding carboxylic acids is 1. The van der Waals surface area contributed by atoms with Crippen LogP contribution in [0.15, 0.2) is 46.4 Å². The summed E-state index contributed by atoms with van der Waals surface area (Å²) in [6.07, 6.45) is 15.9. The molecule has 2 aliphatic heterocycles. The van der Waals surface area contributed by atoms with E-state index in [4.69, 9.17) is 5.10 Å². The predicted octanol–water partition coefficient (Wildman–Crippen LogP) is 5.80. The van der Waals surface area contributed by atoms with Crippen LogP contribution in [-0.2, 0) is 10.2 Å². The number of nitrogens with zero attached hydrogens (tertiary/aromatic N) is 4. The number of amidine groups is 1. The van der Waals surface area contributed by atoms with Gasteiger partial charge >= 0.3 is 0 Å². The van der Waals surface area contributed by atoms with E-state index in [1.54, 1.807) is 11.8 Å². The summed E-state index contributed by atoms with van der Waals surface area (Å²) in [5.74, 6) is 2.47. The molecule has 1 aromatic heterocycles. The Morgan fingerprint density at radius 3 is 2.29 bits per heavy atom. The Hall–Kier alpha value is -2.34. The van der Waals surface area contributed by atoms with Gasteiger partial charge in [0.15, 0.2) is 5.17 Å². The highest BCUT2D eigenvalue weighted by Crippen LogP contribution is 2.61. The fourth-order valence-electron chi connectivity index (χ4n) is 7.78. The molecule has 0 spiro atoms. The third-order valence-electron chi connectivity index (χ3n) is 8.83. The molecule has 4 bridgehead atoms. The number of benzene rings is 1. The summed E-state index contributed by atoms with van der Waals surface area (Å²) in [7, 11) is 0. The van der Waals surface area contributed by atoms with Crippen molar-refractivity contribution in [3.63, 3.8) is 0 Å². The first-order valence-electron chi connectivity index (χ1n) is 13.1. The lowest BCUT2D eigenvalue weighted by atomic mass is 9.48. The third kappa shape index (κ3) is 3.57. The van der Waals surface area contributed by atoms with Crippen molar-refractivity contribution in [1.82, 2.24) is 14.7 Å². The molecule has 3 heterocycles. The van der Waals surface area contributed by atoms with Crippen molar-refractivity contribution in [1.29, 1.82) is 0 Å². The van der Waals surface area contributed by atoms with Crippen LogP contribution in [0.5, 0.6) is 0 Å². The van der Waals surface area contributed by atoms with Gasteiger partial charge in [-0.05, 0) is 106 Å². The van der Waals surface area contributed by atoms with E-state index >= 15 is 0 Å². The van der Waals surface area contributed by atoms with Crippen LogP contribution in [0.4, 0.5) is 0 Å². The molecule has 2 aromatic rings. The van der Waals surface area contributed by atoms with Gasteiger partial charge in [0.25, 0.3) is 5.91 Å². The monoisotopic (exact) mass is 472 g/mol. The van der Waals surface area contributed by atoms with E-state index in [1.807, 2.05) is 10.7 Å². The van der Waals surface area contributed by atoms with Gasteiger partial charge in [-0.3, -0.25) is 4.79 Å². The molecule has 6 aliphatic rings. The Labute approximate surface area is 205 Å². The lowest BCUT2D eigenvalue weighted by molar-refractivity contribution is -0.113. The van der Waals surface area contributed by atoms with E-state index < -0.39 is 0 Å². The summed E-state index contributed by atoms with van der Waals surface area (Å²) >= 11 is 1.56. The lowest BCUT2D eigenvalue weighted by Crippen LogP contribution is -2.49. The van der Waals surface area contributed by atoms with Crippen LogP contribution in [0.25, 0.3) is 11.8 Å². The number of rotatable bonds is 3. The molecule has 1 aromatic carbocycles. The average Bonchev–Trinajstić information content (AvgIpc) is 3.44. The minimum absolute atomic E-state index is 0.0884. The zero-order valence-electron chi connectivity index (χ0n) is 19.7. The first-order chi connectivity index (χ1) is 16.6. The van der Waals surface area contributed by atoms with E-state index in [2.05, 4.69) is 46.4 Å². The van der Waals surface area contributed by atoms with Gasteiger partial charge in [-0.1, -0.05) is 18.2 Å². The Kier molecular flexibility index (Phi) is 5.01. The molecule has 1 saturated heterocycles. The van der Waals surface area contributed by atoms with Gasteiger partial charge in [-0.2, -0.15) is 10.1 Å². The number of hydrogen-bond acceptors (Lipinski definition) is 4. The van der Waals surface area contributed by atoms with E-state index in [0.29, 0.717) is 0 Å². The molecule has 5 fully saturated rings. The Morgan fingerprint density at radius 2 is 1.62 bits per heavy atom. The molecule has 176 valence electrons. The number of thioether (sulfide) groups is 1. The van der Waals surface area contributed by atoms with Crippen molar-refractivity contribution in [3.8, 4) is 5.69 Å². The largest absolute Gasteiger partial charge is 0.351 e. The third-order valence-corrected chi connectivity index (χ3v) is 9.87. The van der Waals surface area contributed by atoms with Crippen LogP contribution < -0.4 is 0 Å².